The number of pyridine rings is 1. The summed E-state index contributed by atoms with van der Waals surface area (Å²) in [4.78, 5) is 58.2. The number of terminal acetylenes is 1. The van der Waals surface area contributed by atoms with E-state index in [4.69, 9.17) is 11.2 Å². The summed E-state index contributed by atoms with van der Waals surface area (Å²) in [6, 6.07) is 11.3. The standard InChI is InChI=1S/C52H71N11O6/c1-6-33-25-46(69-5)42(53-28-33)30-55-50(67)44-26-39(64)32-63(44)51(68)47(52(2,3)4)56-49(66)34-11-13-35(14-12-34)59-19-15-36(16-20-59)60-21-17-37(18-22-60)61-23-24-62-38(31-61)29-54-48-43(62)27-41(57-58-48)40-9-7-8-10-45(40)65/h1,7-10,25,27-28,34-39,44,47,64-65H,11-24,26,29-32H2,2-5H3,(H,54,58)(H,55,67)(H,56,66)/t34?,35?,38-,39+,44-,47+/m0/s1. The van der Waals surface area contributed by atoms with Gasteiger partial charge in [-0.25, -0.2) is 0 Å². The lowest BCUT2D eigenvalue weighted by atomic mass is 9.82. The number of benzene rings is 1. The molecule has 17 heteroatoms. The summed E-state index contributed by atoms with van der Waals surface area (Å²) in [5.74, 6) is 2.91. The fraction of sp³-hybridized carbons (Fsp3) is 0.615. The van der Waals surface area contributed by atoms with Gasteiger partial charge in [0.1, 0.15) is 29.3 Å². The van der Waals surface area contributed by atoms with E-state index < -0.39 is 29.5 Å². The Balaban J connectivity index is 0.709. The fourth-order valence-corrected chi connectivity index (χ4v) is 11.9. The molecule has 1 aromatic carbocycles. The van der Waals surface area contributed by atoms with Crippen molar-refractivity contribution in [1.29, 1.82) is 0 Å². The predicted octanol–water partition coefficient (Wildman–Crippen LogP) is 3.45. The molecule has 2 aromatic heterocycles. The highest BCUT2D eigenvalue weighted by Gasteiger charge is 2.46. The van der Waals surface area contributed by atoms with Gasteiger partial charge in [0.25, 0.3) is 0 Å². The third-order valence-corrected chi connectivity index (χ3v) is 15.9. The van der Waals surface area contributed by atoms with Gasteiger partial charge in [-0.3, -0.25) is 24.3 Å². The van der Waals surface area contributed by atoms with Crippen LogP contribution in [0.3, 0.4) is 0 Å². The van der Waals surface area contributed by atoms with E-state index in [0.717, 1.165) is 89.5 Å². The largest absolute Gasteiger partial charge is 0.507 e. The number of ether oxygens (including phenoxy) is 1. The number of methoxy groups -OCH3 is 1. The SMILES string of the molecule is C#Cc1cnc(CNC(=O)[C@@H]2C[C@@H](O)CN2C(=O)[C@@H](NC(=O)C2CCC(N3CCC(N4CCC(N5CCN6c7cc(-c8ccccc8O)nnc7NC[C@H]6C5)CC4)CC3)CC2)C(C)(C)C)c(OC)c1. The molecule has 69 heavy (non-hydrogen) atoms. The second kappa shape index (κ2) is 20.8. The van der Waals surface area contributed by atoms with Crippen LogP contribution < -0.4 is 25.6 Å². The summed E-state index contributed by atoms with van der Waals surface area (Å²) in [6.45, 7) is 14.1. The second-order valence-electron chi connectivity index (χ2n) is 21.2. The summed E-state index contributed by atoms with van der Waals surface area (Å²) in [5, 5.41) is 39.6. The van der Waals surface area contributed by atoms with Crippen LogP contribution in [0.4, 0.5) is 11.5 Å². The number of aromatic hydroxyl groups is 1. The summed E-state index contributed by atoms with van der Waals surface area (Å²) >= 11 is 0. The molecule has 6 aliphatic rings. The number of anilines is 2. The third-order valence-electron chi connectivity index (χ3n) is 15.9. The number of phenolic OH excluding ortho intramolecular Hbond substituents is 1. The first-order valence-corrected chi connectivity index (χ1v) is 25.2. The maximum Gasteiger partial charge on any atom is 0.246 e. The summed E-state index contributed by atoms with van der Waals surface area (Å²) in [6.07, 6.45) is 14.4. The van der Waals surface area contributed by atoms with Crippen LogP contribution in [0.25, 0.3) is 11.3 Å². The number of aliphatic hydroxyl groups is 1. The molecule has 0 radical (unpaired) electrons. The van der Waals surface area contributed by atoms with Crippen LogP contribution >= 0.6 is 0 Å². The van der Waals surface area contributed by atoms with Crippen LogP contribution in [-0.4, -0.2) is 171 Å². The molecule has 3 aromatic rings. The number of piperidine rings is 2. The Morgan fingerprint density at radius 1 is 0.870 bits per heavy atom. The van der Waals surface area contributed by atoms with Gasteiger partial charge in [-0.1, -0.05) is 38.8 Å². The molecule has 1 saturated carbocycles. The number of amides is 3. The van der Waals surface area contributed by atoms with Crippen molar-refractivity contribution in [2.75, 3.05) is 76.2 Å². The second-order valence-corrected chi connectivity index (χ2v) is 21.2. The predicted molar refractivity (Wildman–Crippen MR) is 263 cm³/mol. The van der Waals surface area contributed by atoms with Gasteiger partial charge in [-0.2, -0.15) is 0 Å². The van der Waals surface area contributed by atoms with E-state index in [1.54, 1.807) is 12.1 Å². The van der Waals surface area contributed by atoms with Crippen molar-refractivity contribution in [2.45, 2.75) is 127 Å². The maximum absolute atomic E-state index is 14.3. The molecule has 0 unspecified atom stereocenters. The van der Waals surface area contributed by atoms with Crippen LogP contribution in [-0.2, 0) is 20.9 Å². The zero-order chi connectivity index (χ0) is 48.4. The average molecular weight is 946 g/mol. The molecule has 0 bridgehead atoms. The number of aromatic nitrogens is 3. The maximum atomic E-state index is 14.3. The molecule has 5 aliphatic heterocycles. The van der Waals surface area contributed by atoms with Crippen molar-refractivity contribution in [3.63, 3.8) is 0 Å². The van der Waals surface area contributed by atoms with Gasteiger partial charge in [-0.05, 0) is 107 Å². The quantitative estimate of drug-likeness (QED) is 0.176. The van der Waals surface area contributed by atoms with Crippen molar-refractivity contribution in [3.8, 4) is 35.1 Å². The number of rotatable bonds is 11. The molecule has 4 saturated heterocycles. The van der Waals surface area contributed by atoms with Crippen molar-refractivity contribution < 1.29 is 29.3 Å². The number of nitrogens with zero attached hydrogens (tertiary/aromatic N) is 8. The van der Waals surface area contributed by atoms with Gasteiger partial charge >= 0.3 is 0 Å². The van der Waals surface area contributed by atoms with E-state index in [2.05, 4.69) is 62.7 Å². The van der Waals surface area contributed by atoms with Crippen LogP contribution in [0.5, 0.6) is 11.5 Å². The van der Waals surface area contributed by atoms with E-state index in [0.29, 0.717) is 52.4 Å². The van der Waals surface area contributed by atoms with Crippen molar-refractivity contribution in [2.24, 2.45) is 11.3 Å². The first-order chi connectivity index (χ1) is 33.3. The molecule has 9 rings (SSSR count). The Kier molecular flexibility index (Phi) is 14.6. The number of hydrogen-bond acceptors (Lipinski definition) is 14. The van der Waals surface area contributed by atoms with Crippen LogP contribution in [0.2, 0.25) is 0 Å². The molecule has 7 heterocycles. The molecule has 3 amide bonds. The molecule has 0 spiro atoms. The number of para-hydroxylation sites is 1. The zero-order valence-corrected chi connectivity index (χ0v) is 40.8. The Hall–Kier alpha value is -5.54. The zero-order valence-electron chi connectivity index (χ0n) is 40.8. The third kappa shape index (κ3) is 10.6. The molecule has 4 atom stereocenters. The van der Waals surface area contributed by atoms with E-state index in [1.165, 1.54) is 43.9 Å². The number of β-amino-alcohol motifs (C(OH)–C–C–N with tert-alkyl or cyclic N) is 1. The number of piperazine rings is 1. The van der Waals surface area contributed by atoms with Crippen molar-refractivity contribution in [3.05, 3.63) is 53.9 Å². The van der Waals surface area contributed by atoms with Crippen molar-refractivity contribution >= 4 is 29.2 Å². The summed E-state index contributed by atoms with van der Waals surface area (Å²) < 4.78 is 5.42. The Morgan fingerprint density at radius 3 is 2.22 bits per heavy atom. The van der Waals surface area contributed by atoms with Crippen LogP contribution in [0, 0.1) is 23.7 Å². The van der Waals surface area contributed by atoms with Crippen LogP contribution in [0.15, 0.2) is 42.6 Å². The number of fused-ring (bicyclic) bond motifs is 3. The monoisotopic (exact) mass is 946 g/mol. The molecule has 1 aliphatic carbocycles. The number of likely N-dealkylation sites (tertiary alicyclic amines) is 3. The van der Waals surface area contributed by atoms with Gasteiger partial charge in [0.2, 0.25) is 17.7 Å². The van der Waals surface area contributed by atoms with Crippen molar-refractivity contribution in [1.82, 2.24) is 45.4 Å². The van der Waals surface area contributed by atoms with Gasteiger partial charge in [-0.15, -0.1) is 16.6 Å². The fourth-order valence-electron chi connectivity index (χ4n) is 11.9. The molecule has 5 fully saturated rings. The highest BCUT2D eigenvalue weighted by Crippen LogP contribution is 2.38. The number of carbonyl (C=O) groups excluding carboxylic acids is 3. The van der Waals surface area contributed by atoms with E-state index >= 15 is 0 Å². The van der Waals surface area contributed by atoms with Gasteiger partial charge in [0.15, 0.2) is 5.82 Å². The number of phenols is 1. The normalized spacial score (nSPS) is 25.7. The number of carbonyl (C=O) groups is 3. The lowest BCUT2D eigenvalue weighted by molar-refractivity contribution is -0.144. The lowest BCUT2D eigenvalue weighted by Gasteiger charge is -2.50. The molecule has 5 N–H and O–H groups in total. The molecular weight excluding hydrogens is 875 g/mol. The minimum Gasteiger partial charge on any atom is -0.507 e. The highest BCUT2D eigenvalue weighted by molar-refractivity contribution is 5.93. The van der Waals surface area contributed by atoms with E-state index in [9.17, 15) is 24.6 Å². The Morgan fingerprint density at radius 2 is 1.55 bits per heavy atom. The van der Waals surface area contributed by atoms with Gasteiger partial charge in [0.05, 0.1) is 37.2 Å². The van der Waals surface area contributed by atoms with Gasteiger partial charge in [0, 0.05) is 80.5 Å². The average Bonchev–Trinajstić information content (AvgIpc) is 3.78. The number of nitrogens with one attached hydrogen (secondary N) is 3. The van der Waals surface area contributed by atoms with Crippen LogP contribution in [0.1, 0.15) is 89.8 Å². The van der Waals surface area contributed by atoms with E-state index in [1.807, 2.05) is 39.0 Å². The first kappa shape index (κ1) is 48.5. The Labute approximate surface area is 406 Å². The highest BCUT2D eigenvalue weighted by atomic mass is 16.5. The summed E-state index contributed by atoms with van der Waals surface area (Å²) in [7, 11) is 1.50. The number of aliphatic hydroxyl groups excluding tert-OH is 1. The lowest BCUT2D eigenvalue weighted by Crippen LogP contribution is -2.61. The van der Waals surface area contributed by atoms with E-state index in [-0.39, 0.29) is 43.0 Å². The molecular formula is C52H71N11O6. The smallest absolute Gasteiger partial charge is 0.246 e. The van der Waals surface area contributed by atoms with Gasteiger partial charge < -0.3 is 50.5 Å². The Bertz CT molecular complexity index is 2360. The minimum atomic E-state index is -0.900. The number of hydrogen-bond donors (Lipinski definition) is 5. The molecule has 17 nitrogen and oxygen atoms in total. The topological polar surface area (TPSA) is 192 Å². The first-order valence-electron chi connectivity index (χ1n) is 25.2. The minimum absolute atomic E-state index is 0.00662. The molecule has 370 valence electrons. The summed E-state index contributed by atoms with van der Waals surface area (Å²) in [5.41, 5.74) is 2.85.